The highest BCUT2D eigenvalue weighted by atomic mass is 16.5. The number of carboxylic acid groups (broad SMARTS) is 1. The number of unbranched alkanes of at least 4 members (excludes halogenated alkanes) is 1. The van der Waals surface area contributed by atoms with Crippen molar-refractivity contribution in [1.29, 1.82) is 0 Å². The molecule has 28 heavy (non-hydrogen) atoms. The molecule has 0 aliphatic carbocycles. The number of carbonyl (C=O) groups excluding carboxylic acids is 1. The summed E-state index contributed by atoms with van der Waals surface area (Å²) < 4.78 is 6.10. The van der Waals surface area contributed by atoms with Crippen LogP contribution in [-0.2, 0) is 20.7 Å². The highest BCUT2D eigenvalue weighted by Gasteiger charge is 2.47. The number of allylic oxidation sites excluding steroid dienone is 2. The minimum atomic E-state index is -0.740. The molecule has 4 atom stereocenters. The van der Waals surface area contributed by atoms with E-state index in [0.717, 1.165) is 31.2 Å². The van der Waals surface area contributed by atoms with E-state index in [1.807, 2.05) is 30.3 Å². The number of carbonyl (C=O) groups is 2. The number of benzene rings is 1. The van der Waals surface area contributed by atoms with Gasteiger partial charge in [-0.1, -0.05) is 42.5 Å². The number of amides is 1. The van der Waals surface area contributed by atoms with Crippen molar-refractivity contribution in [3.05, 3.63) is 48.0 Å². The molecule has 2 heterocycles. The number of fused-ring (bicyclic) bond motifs is 2. The Balaban J connectivity index is 1.40. The molecule has 152 valence electrons. The fourth-order valence-corrected chi connectivity index (χ4v) is 4.32. The number of hydrogen-bond acceptors (Lipinski definition) is 4. The van der Waals surface area contributed by atoms with Gasteiger partial charge in [-0.3, -0.25) is 15.0 Å². The lowest BCUT2D eigenvalue weighted by Gasteiger charge is -2.27. The zero-order valence-corrected chi connectivity index (χ0v) is 16.2. The molecule has 3 rings (SSSR count). The molecule has 1 aromatic carbocycles. The second-order valence-corrected chi connectivity index (χ2v) is 7.70. The van der Waals surface area contributed by atoms with Crippen LogP contribution in [0.5, 0.6) is 0 Å². The maximum Gasteiger partial charge on any atom is 0.303 e. The minimum Gasteiger partial charge on any atom is -0.481 e. The Morgan fingerprint density at radius 1 is 1.11 bits per heavy atom. The molecule has 2 bridgehead atoms. The van der Waals surface area contributed by atoms with Gasteiger partial charge in [0, 0.05) is 18.9 Å². The highest BCUT2D eigenvalue weighted by Crippen LogP contribution is 2.44. The number of nitrogens with one attached hydrogen (secondary N) is 2. The van der Waals surface area contributed by atoms with E-state index < -0.39 is 5.97 Å². The Morgan fingerprint density at radius 2 is 1.86 bits per heavy atom. The molecular weight excluding hydrogens is 356 g/mol. The van der Waals surface area contributed by atoms with Crippen LogP contribution in [0.2, 0.25) is 0 Å². The van der Waals surface area contributed by atoms with Crippen molar-refractivity contribution in [1.82, 2.24) is 10.9 Å². The van der Waals surface area contributed by atoms with Crippen LogP contribution in [0, 0.1) is 11.8 Å². The molecule has 0 radical (unpaired) electrons. The lowest BCUT2D eigenvalue weighted by molar-refractivity contribution is -0.137. The van der Waals surface area contributed by atoms with Gasteiger partial charge in [0.1, 0.15) is 0 Å². The monoisotopic (exact) mass is 386 g/mol. The van der Waals surface area contributed by atoms with Crippen LogP contribution in [0.4, 0.5) is 0 Å². The number of rotatable bonds is 11. The lowest BCUT2D eigenvalue weighted by atomic mass is 9.77. The third-order valence-corrected chi connectivity index (χ3v) is 5.70. The second-order valence-electron chi connectivity index (χ2n) is 7.70. The molecule has 0 unspecified atom stereocenters. The van der Waals surface area contributed by atoms with E-state index in [1.54, 1.807) is 0 Å². The van der Waals surface area contributed by atoms with Crippen LogP contribution in [0.3, 0.4) is 0 Å². The van der Waals surface area contributed by atoms with Crippen molar-refractivity contribution in [3.63, 3.8) is 0 Å². The predicted octanol–water partition coefficient (Wildman–Crippen LogP) is 2.84. The smallest absolute Gasteiger partial charge is 0.303 e. The standard InChI is InChI=1S/C22H30N2O4/c25-21(14-16-8-4-3-5-9-16)24-23-15-18-17(19-12-13-20(18)28-19)10-6-1-2-7-11-22(26)27/h1,3-6,8-9,17-20,23H,2,7,10-15H2,(H,24,25)(H,26,27)/b6-1-/t17-,18-,19-,20+/m1/s1. The normalized spacial score (nSPS) is 26.0. The quantitative estimate of drug-likeness (QED) is 0.309. The Hall–Kier alpha value is -2.18. The molecule has 2 aliphatic rings. The van der Waals surface area contributed by atoms with Crippen LogP contribution in [0.1, 0.15) is 44.1 Å². The van der Waals surface area contributed by atoms with Gasteiger partial charge in [0.2, 0.25) is 5.91 Å². The van der Waals surface area contributed by atoms with E-state index >= 15 is 0 Å². The molecule has 0 saturated carbocycles. The third kappa shape index (κ3) is 5.91. The zero-order valence-electron chi connectivity index (χ0n) is 16.2. The van der Waals surface area contributed by atoms with E-state index in [0.29, 0.717) is 37.3 Å². The maximum absolute atomic E-state index is 12.1. The third-order valence-electron chi connectivity index (χ3n) is 5.70. The molecule has 1 aromatic rings. The van der Waals surface area contributed by atoms with E-state index in [1.165, 1.54) is 0 Å². The molecule has 6 nitrogen and oxygen atoms in total. The largest absolute Gasteiger partial charge is 0.481 e. The molecule has 0 spiro atoms. The Bertz CT molecular complexity index is 676. The summed E-state index contributed by atoms with van der Waals surface area (Å²) in [6.45, 7) is 0.708. The summed E-state index contributed by atoms with van der Waals surface area (Å²) in [7, 11) is 0. The average Bonchev–Trinajstić information content (AvgIpc) is 3.27. The first-order valence-corrected chi connectivity index (χ1v) is 10.2. The van der Waals surface area contributed by atoms with Crippen LogP contribution in [0.15, 0.2) is 42.5 Å². The summed E-state index contributed by atoms with van der Waals surface area (Å²) in [6, 6.07) is 9.70. The summed E-state index contributed by atoms with van der Waals surface area (Å²) in [5, 5.41) is 8.68. The summed E-state index contributed by atoms with van der Waals surface area (Å²) >= 11 is 0. The first-order valence-electron chi connectivity index (χ1n) is 10.2. The van der Waals surface area contributed by atoms with Crippen molar-refractivity contribution in [2.45, 2.75) is 57.2 Å². The summed E-state index contributed by atoms with van der Waals surface area (Å²) in [5.41, 5.74) is 6.93. The minimum absolute atomic E-state index is 0.0369. The van der Waals surface area contributed by atoms with Gasteiger partial charge in [-0.2, -0.15) is 0 Å². The first kappa shape index (κ1) is 20.6. The van der Waals surface area contributed by atoms with Crippen LogP contribution >= 0.6 is 0 Å². The van der Waals surface area contributed by atoms with Crippen molar-refractivity contribution < 1.29 is 19.4 Å². The molecule has 2 fully saturated rings. The number of ether oxygens (including phenoxy) is 1. The SMILES string of the molecule is O=C(O)CCC/C=C\C[C@@H]1[C@@H](CNNC(=O)Cc2ccccc2)[C@@H]2CC[C@H]1O2. The molecule has 6 heteroatoms. The Labute approximate surface area is 166 Å². The Morgan fingerprint density at radius 3 is 2.61 bits per heavy atom. The van der Waals surface area contributed by atoms with Crippen molar-refractivity contribution in [2.75, 3.05) is 6.54 Å². The summed E-state index contributed by atoms with van der Waals surface area (Å²) in [4.78, 5) is 22.6. The molecular formula is C22H30N2O4. The lowest BCUT2D eigenvalue weighted by Crippen LogP contribution is -2.44. The maximum atomic E-state index is 12.1. The van der Waals surface area contributed by atoms with E-state index in [4.69, 9.17) is 9.84 Å². The van der Waals surface area contributed by atoms with Crippen molar-refractivity contribution in [2.24, 2.45) is 11.8 Å². The second kappa shape index (κ2) is 10.4. The molecule has 1 amide bonds. The van der Waals surface area contributed by atoms with Gasteiger partial charge in [-0.15, -0.1) is 0 Å². The fourth-order valence-electron chi connectivity index (χ4n) is 4.32. The number of aliphatic carboxylic acids is 1. The van der Waals surface area contributed by atoms with Crippen LogP contribution in [-0.4, -0.2) is 35.7 Å². The summed E-state index contributed by atoms with van der Waals surface area (Å²) in [6.07, 6.45) is 10.0. The van der Waals surface area contributed by atoms with Gasteiger partial charge < -0.3 is 9.84 Å². The van der Waals surface area contributed by atoms with E-state index in [2.05, 4.69) is 23.0 Å². The van der Waals surface area contributed by atoms with Gasteiger partial charge in [0.25, 0.3) is 0 Å². The van der Waals surface area contributed by atoms with E-state index in [9.17, 15) is 9.59 Å². The Kier molecular flexibility index (Phi) is 7.62. The molecule has 2 aliphatic heterocycles. The van der Waals surface area contributed by atoms with Gasteiger partial charge in [-0.25, -0.2) is 5.43 Å². The van der Waals surface area contributed by atoms with Gasteiger partial charge in [-0.05, 0) is 43.6 Å². The highest BCUT2D eigenvalue weighted by molar-refractivity contribution is 5.78. The van der Waals surface area contributed by atoms with Crippen molar-refractivity contribution >= 4 is 11.9 Å². The predicted molar refractivity (Wildman–Crippen MR) is 106 cm³/mol. The number of hydrogen-bond donors (Lipinski definition) is 3. The molecule has 0 aromatic heterocycles. The fraction of sp³-hybridized carbons (Fsp3) is 0.545. The van der Waals surface area contributed by atoms with Gasteiger partial charge >= 0.3 is 5.97 Å². The number of carboxylic acids is 1. The molecule has 2 saturated heterocycles. The van der Waals surface area contributed by atoms with Gasteiger partial charge in [0.15, 0.2) is 0 Å². The van der Waals surface area contributed by atoms with Gasteiger partial charge in [0.05, 0.1) is 18.6 Å². The number of hydrazine groups is 1. The van der Waals surface area contributed by atoms with E-state index in [-0.39, 0.29) is 18.4 Å². The molecule has 3 N–H and O–H groups in total. The summed E-state index contributed by atoms with van der Waals surface area (Å²) in [5.74, 6) is 0.0629. The van der Waals surface area contributed by atoms with Crippen molar-refractivity contribution in [3.8, 4) is 0 Å². The first-order chi connectivity index (χ1) is 13.6. The topological polar surface area (TPSA) is 87.7 Å². The zero-order chi connectivity index (χ0) is 19.8. The van der Waals surface area contributed by atoms with Crippen LogP contribution in [0.25, 0.3) is 0 Å². The van der Waals surface area contributed by atoms with Crippen LogP contribution < -0.4 is 10.9 Å². The average molecular weight is 386 g/mol.